The standard InChI is InChI=1S/C32H41N3O5S/c1-7-40-30-14-9-8-13-29(30)35(41(38,39)28-17-15-24(4)16-18-28)22-31(36)34(21-27-12-10-11-25(5)19-27)26(6)32(37)33-20-23(2)3/h8-19,23,26H,7,20-22H2,1-6H3,(H,33,37)/t26-/m1/s1. The van der Waals surface area contributed by atoms with Gasteiger partial charge in [0.2, 0.25) is 11.8 Å². The fourth-order valence-electron chi connectivity index (χ4n) is 4.33. The van der Waals surface area contributed by atoms with Crippen LogP contribution in [0.15, 0.2) is 77.7 Å². The van der Waals surface area contributed by atoms with E-state index >= 15 is 0 Å². The van der Waals surface area contributed by atoms with Gasteiger partial charge in [-0.1, -0.05) is 73.5 Å². The number of hydrogen-bond acceptors (Lipinski definition) is 5. The molecule has 0 aliphatic carbocycles. The molecule has 0 aliphatic rings. The van der Waals surface area contributed by atoms with Crippen molar-refractivity contribution in [3.63, 3.8) is 0 Å². The van der Waals surface area contributed by atoms with Crippen LogP contribution in [-0.4, -0.2) is 50.9 Å². The summed E-state index contributed by atoms with van der Waals surface area (Å²) in [6, 6.07) is 20.1. The van der Waals surface area contributed by atoms with Gasteiger partial charge in [0.1, 0.15) is 18.3 Å². The summed E-state index contributed by atoms with van der Waals surface area (Å²) in [5.74, 6) is -0.244. The second kappa shape index (κ2) is 14.2. The van der Waals surface area contributed by atoms with Gasteiger partial charge in [-0.2, -0.15) is 0 Å². The van der Waals surface area contributed by atoms with Gasteiger partial charge >= 0.3 is 0 Å². The van der Waals surface area contributed by atoms with E-state index in [1.807, 2.05) is 58.9 Å². The zero-order valence-corrected chi connectivity index (χ0v) is 25.6. The van der Waals surface area contributed by atoms with Crippen molar-refractivity contribution in [2.75, 3.05) is 24.0 Å². The number of nitrogens with zero attached hydrogens (tertiary/aromatic N) is 2. The Morgan fingerprint density at radius 1 is 0.902 bits per heavy atom. The summed E-state index contributed by atoms with van der Waals surface area (Å²) in [6.07, 6.45) is 0. The Morgan fingerprint density at radius 3 is 2.22 bits per heavy atom. The van der Waals surface area contributed by atoms with Crippen molar-refractivity contribution in [3.05, 3.63) is 89.5 Å². The summed E-state index contributed by atoms with van der Waals surface area (Å²) in [5, 5.41) is 2.90. The van der Waals surface area contributed by atoms with Crippen molar-refractivity contribution >= 4 is 27.5 Å². The number of carbonyl (C=O) groups is 2. The number of para-hydroxylation sites is 2. The molecule has 0 spiro atoms. The predicted octanol–water partition coefficient (Wildman–Crippen LogP) is 5.09. The maximum absolute atomic E-state index is 14.1. The maximum atomic E-state index is 14.1. The topological polar surface area (TPSA) is 96.0 Å². The molecular formula is C32H41N3O5S. The highest BCUT2D eigenvalue weighted by Gasteiger charge is 2.33. The lowest BCUT2D eigenvalue weighted by Gasteiger charge is -2.32. The molecule has 1 N–H and O–H groups in total. The third-order valence-electron chi connectivity index (χ3n) is 6.61. The first-order valence-electron chi connectivity index (χ1n) is 13.9. The van der Waals surface area contributed by atoms with E-state index in [0.717, 1.165) is 21.0 Å². The zero-order chi connectivity index (χ0) is 30.2. The van der Waals surface area contributed by atoms with Gasteiger partial charge in [-0.25, -0.2) is 8.42 Å². The summed E-state index contributed by atoms with van der Waals surface area (Å²) in [6.45, 7) is 11.7. The SMILES string of the molecule is CCOc1ccccc1N(CC(=O)N(Cc1cccc(C)c1)[C@H](C)C(=O)NCC(C)C)S(=O)(=O)c1ccc(C)cc1. The molecule has 1 atom stereocenters. The molecule has 0 radical (unpaired) electrons. The first-order chi connectivity index (χ1) is 19.4. The smallest absolute Gasteiger partial charge is 0.264 e. The molecule has 41 heavy (non-hydrogen) atoms. The Morgan fingerprint density at radius 2 is 1.59 bits per heavy atom. The van der Waals surface area contributed by atoms with E-state index in [0.29, 0.717) is 18.9 Å². The van der Waals surface area contributed by atoms with E-state index in [1.54, 1.807) is 43.3 Å². The third-order valence-corrected chi connectivity index (χ3v) is 8.38. The molecule has 8 nitrogen and oxygen atoms in total. The van der Waals surface area contributed by atoms with Gasteiger partial charge < -0.3 is 15.0 Å². The molecular weight excluding hydrogens is 538 g/mol. The molecule has 3 aromatic carbocycles. The van der Waals surface area contributed by atoms with Gasteiger partial charge in [0.05, 0.1) is 17.2 Å². The number of carbonyl (C=O) groups excluding carboxylic acids is 2. The molecule has 0 heterocycles. The number of nitrogens with one attached hydrogen (secondary N) is 1. The van der Waals surface area contributed by atoms with Crippen LogP contribution in [0.4, 0.5) is 5.69 Å². The molecule has 3 rings (SSSR count). The Labute approximate surface area is 244 Å². The quantitative estimate of drug-likeness (QED) is 0.305. The number of rotatable bonds is 13. The first-order valence-corrected chi connectivity index (χ1v) is 15.3. The van der Waals surface area contributed by atoms with Gasteiger partial charge in [0, 0.05) is 13.1 Å². The summed E-state index contributed by atoms with van der Waals surface area (Å²) < 4.78 is 35.0. The normalized spacial score (nSPS) is 12.1. The second-order valence-corrected chi connectivity index (χ2v) is 12.4. The van der Waals surface area contributed by atoms with Crippen LogP contribution in [0.1, 0.15) is 44.4 Å². The van der Waals surface area contributed by atoms with Gasteiger partial charge in [-0.05, 0) is 63.4 Å². The minimum absolute atomic E-state index is 0.0511. The van der Waals surface area contributed by atoms with E-state index in [9.17, 15) is 18.0 Å². The Bertz CT molecular complexity index is 1440. The Balaban J connectivity index is 2.07. The lowest BCUT2D eigenvalue weighted by molar-refractivity contribution is -0.139. The molecule has 0 saturated carbocycles. The molecule has 220 valence electrons. The maximum Gasteiger partial charge on any atom is 0.264 e. The zero-order valence-electron chi connectivity index (χ0n) is 24.8. The van der Waals surface area contributed by atoms with Gasteiger partial charge in [0.15, 0.2) is 0 Å². The summed E-state index contributed by atoms with van der Waals surface area (Å²) in [5.41, 5.74) is 3.01. The molecule has 0 fully saturated rings. The molecule has 0 saturated heterocycles. The van der Waals surface area contributed by atoms with Crippen molar-refractivity contribution in [1.82, 2.24) is 10.2 Å². The van der Waals surface area contributed by atoms with E-state index in [2.05, 4.69) is 5.32 Å². The number of ether oxygens (including phenoxy) is 1. The molecule has 0 unspecified atom stereocenters. The number of hydrogen-bond donors (Lipinski definition) is 1. The van der Waals surface area contributed by atoms with Crippen molar-refractivity contribution < 1.29 is 22.7 Å². The molecule has 3 aromatic rings. The fourth-order valence-corrected chi connectivity index (χ4v) is 5.76. The van der Waals surface area contributed by atoms with Crippen LogP contribution in [0, 0.1) is 19.8 Å². The molecule has 0 bridgehead atoms. The predicted molar refractivity (Wildman–Crippen MR) is 162 cm³/mol. The summed E-state index contributed by atoms with van der Waals surface area (Å²) >= 11 is 0. The largest absolute Gasteiger partial charge is 0.492 e. The number of aryl methyl sites for hydroxylation is 2. The molecule has 9 heteroatoms. The van der Waals surface area contributed by atoms with Gasteiger partial charge in [-0.3, -0.25) is 13.9 Å². The number of anilines is 1. The van der Waals surface area contributed by atoms with Crippen LogP contribution in [0.2, 0.25) is 0 Å². The number of amides is 2. The van der Waals surface area contributed by atoms with E-state index < -0.39 is 28.5 Å². The van der Waals surface area contributed by atoms with Crippen molar-refractivity contribution in [2.45, 2.75) is 59.0 Å². The minimum atomic E-state index is -4.18. The van der Waals surface area contributed by atoms with E-state index in [4.69, 9.17) is 4.74 Å². The highest BCUT2D eigenvalue weighted by Crippen LogP contribution is 2.33. The minimum Gasteiger partial charge on any atom is -0.492 e. The fraction of sp³-hybridized carbons (Fsp3) is 0.375. The highest BCUT2D eigenvalue weighted by molar-refractivity contribution is 7.92. The van der Waals surface area contributed by atoms with Crippen molar-refractivity contribution in [1.29, 1.82) is 0 Å². The third kappa shape index (κ3) is 8.33. The van der Waals surface area contributed by atoms with Crippen LogP contribution in [-0.2, 0) is 26.2 Å². The molecule has 0 aliphatic heterocycles. The summed E-state index contributed by atoms with van der Waals surface area (Å²) in [7, 11) is -4.18. The van der Waals surface area contributed by atoms with Crippen molar-refractivity contribution in [3.8, 4) is 5.75 Å². The lowest BCUT2D eigenvalue weighted by atomic mass is 10.1. The summed E-state index contributed by atoms with van der Waals surface area (Å²) in [4.78, 5) is 28.7. The Kier molecular flexibility index (Phi) is 10.9. The average Bonchev–Trinajstić information content (AvgIpc) is 2.93. The number of sulfonamides is 1. The van der Waals surface area contributed by atoms with E-state index in [1.165, 1.54) is 17.0 Å². The van der Waals surface area contributed by atoms with Crippen LogP contribution in [0.25, 0.3) is 0 Å². The van der Waals surface area contributed by atoms with Crippen LogP contribution >= 0.6 is 0 Å². The molecule has 2 amide bonds. The van der Waals surface area contributed by atoms with Crippen molar-refractivity contribution in [2.24, 2.45) is 5.92 Å². The number of benzene rings is 3. The highest BCUT2D eigenvalue weighted by atomic mass is 32.2. The molecule has 0 aromatic heterocycles. The van der Waals surface area contributed by atoms with E-state index in [-0.39, 0.29) is 29.0 Å². The first kappa shape index (κ1) is 31.7. The van der Waals surface area contributed by atoms with Gasteiger partial charge in [-0.15, -0.1) is 0 Å². The van der Waals surface area contributed by atoms with Gasteiger partial charge in [0.25, 0.3) is 10.0 Å². The van der Waals surface area contributed by atoms with Crippen LogP contribution in [0.3, 0.4) is 0 Å². The van der Waals surface area contributed by atoms with Crippen LogP contribution < -0.4 is 14.4 Å². The second-order valence-electron chi connectivity index (χ2n) is 10.6. The average molecular weight is 580 g/mol. The lowest BCUT2D eigenvalue weighted by Crippen LogP contribution is -2.51. The Hall–Kier alpha value is -3.85. The van der Waals surface area contributed by atoms with Crippen LogP contribution in [0.5, 0.6) is 5.75 Å². The monoisotopic (exact) mass is 579 g/mol.